The number of benzene rings is 1. The molecule has 0 amide bonds. The summed E-state index contributed by atoms with van der Waals surface area (Å²) in [6, 6.07) is 4.37. The molecular weight excluding hydrogens is 259 g/mol. The smallest absolute Gasteiger partial charge is 0.257 e. The van der Waals surface area contributed by atoms with Crippen molar-refractivity contribution in [1.29, 1.82) is 0 Å². The van der Waals surface area contributed by atoms with Gasteiger partial charge in [0.2, 0.25) is 0 Å². The number of hydrogen-bond acceptors (Lipinski definition) is 5. The van der Waals surface area contributed by atoms with E-state index in [2.05, 4.69) is 28.9 Å². The molecule has 0 saturated heterocycles. The van der Waals surface area contributed by atoms with Crippen molar-refractivity contribution < 1.29 is 8.91 Å². The summed E-state index contributed by atoms with van der Waals surface area (Å²) >= 11 is 0. The van der Waals surface area contributed by atoms with Crippen LogP contribution in [-0.4, -0.2) is 34.7 Å². The number of aromatic nitrogens is 2. The predicted octanol–water partition coefficient (Wildman–Crippen LogP) is 2.34. The summed E-state index contributed by atoms with van der Waals surface area (Å²) in [5.41, 5.74) is 6.23. The van der Waals surface area contributed by atoms with Crippen molar-refractivity contribution in [3.05, 3.63) is 29.8 Å². The van der Waals surface area contributed by atoms with Crippen LogP contribution in [0.2, 0.25) is 0 Å². The molecule has 0 aliphatic heterocycles. The fourth-order valence-corrected chi connectivity index (χ4v) is 1.95. The van der Waals surface area contributed by atoms with Crippen LogP contribution in [0.15, 0.2) is 22.7 Å². The Balaban J connectivity index is 2.06. The molecule has 0 radical (unpaired) electrons. The molecule has 1 heterocycles. The Morgan fingerprint density at radius 2 is 2.05 bits per heavy atom. The van der Waals surface area contributed by atoms with Gasteiger partial charge in [0.1, 0.15) is 5.82 Å². The van der Waals surface area contributed by atoms with Crippen molar-refractivity contribution in [2.45, 2.75) is 20.3 Å². The summed E-state index contributed by atoms with van der Waals surface area (Å²) < 4.78 is 18.3. The van der Waals surface area contributed by atoms with E-state index in [9.17, 15) is 4.39 Å². The number of halogens is 1. The van der Waals surface area contributed by atoms with Gasteiger partial charge in [0.25, 0.3) is 5.89 Å². The van der Waals surface area contributed by atoms with E-state index < -0.39 is 5.82 Å². The number of hydrogen-bond donors (Lipinski definition) is 1. The van der Waals surface area contributed by atoms with Crippen LogP contribution in [0.3, 0.4) is 0 Å². The van der Waals surface area contributed by atoms with Crippen molar-refractivity contribution in [3.63, 3.8) is 0 Å². The molecule has 2 N–H and O–H groups in total. The zero-order valence-corrected chi connectivity index (χ0v) is 11.8. The molecule has 0 aliphatic rings. The monoisotopic (exact) mass is 278 g/mol. The molecule has 108 valence electrons. The second-order valence-electron chi connectivity index (χ2n) is 4.53. The quantitative estimate of drug-likeness (QED) is 0.821. The maximum atomic E-state index is 13.1. The molecule has 20 heavy (non-hydrogen) atoms. The van der Waals surface area contributed by atoms with Gasteiger partial charge in [0.15, 0.2) is 5.82 Å². The van der Waals surface area contributed by atoms with Gasteiger partial charge in [-0.25, -0.2) is 4.39 Å². The molecule has 0 unspecified atom stereocenters. The molecule has 2 aromatic rings. The van der Waals surface area contributed by atoms with Gasteiger partial charge in [-0.15, -0.1) is 0 Å². The third-order valence-corrected chi connectivity index (χ3v) is 3.26. The zero-order valence-electron chi connectivity index (χ0n) is 11.8. The summed E-state index contributed by atoms with van der Waals surface area (Å²) in [4.78, 5) is 6.59. The second kappa shape index (κ2) is 6.47. The molecule has 0 saturated carbocycles. The lowest BCUT2D eigenvalue weighted by Crippen LogP contribution is -2.25. The summed E-state index contributed by atoms with van der Waals surface area (Å²) in [6.07, 6.45) is 0.724. The Bertz CT molecular complexity index is 566. The number of anilines is 1. The molecule has 5 nitrogen and oxygen atoms in total. The molecule has 6 heteroatoms. The van der Waals surface area contributed by atoms with E-state index in [1.807, 2.05) is 0 Å². The summed E-state index contributed by atoms with van der Waals surface area (Å²) in [5.74, 6) is 0.566. The zero-order chi connectivity index (χ0) is 14.5. The average Bonchev–Trinajstić information content (AvgIpc) is 2.92. The summed E-state index contributed by atoms with van der Waals surface area (Å²) in [6.45, 7) is 7.11. The minimum Gasteiger partial charge on any atom is -0.396 e. The lowest BCUT2D eigenvalue weighted by molar-refractivity contribution is 0.303. The third kappa shape index (κ3) is 3.33. The SMILES string of the molecule is CCN(CC)CCc1noc(-c2ccc(F)c(N)c2)n1. The highest BCUT2D eigenvalue weighted by Gasteiger charge is 2.11. The molecule has 0 bridgehead atoms. The van der Waals surface area contributed by atoms with Gasteiger partial charge in [0, 0.05) is 18.5 Å². The molecule has 0 aliphatic carbocycles. The van der Waals surface area contributed by atoms with E-state index in [0.29, 0.717) is 17.3 Å². The average molecular weight is 278 g/mol. The van der Waals surface area contributed by atoms with E-state index in [1.54, 1.807) is 6.07 Å². The Hall–Kier alpha value is -1.95. The maximum Gasteiger partial charge on any atom is 0.257 e. The highest BCUT2D eigenvalue weighted by Crippen LogP contribution is 2.21. The minimum absolute atomic E-state index is 0.0744. The van der Waals surface area contributed by atoms with E-state index in [-0.39, 0.29) is 5.69 Å². The van der Waals surface area contributed by atoms with Gasteiger partial charge >= 0.3 is 0 Å². The van der Waals surface area contributed by atoms with Crippen molar-refractivity contribution in [2.75, 3.05) is 25.4 Å². The van der Waals surface area contributed by atoms with E-state index in [4.69, 9.17) is 10.3 Å². The Morgan fingerprint density at radius 3 is 2.70 bits per heavy atom. The van der Waals surface area contributed by atoms with Crippen molar-refractivity contribution in [3.8, 4) is 11.5 Å². The fourth-order valence-electron chi connectivity index (χ4n) is 1.95. The van der Waals surface area contributed by atoms with Crippen LogP contribution in [0, 0.1) is 5.82 Å². The van der Waals surface area contributed by atoms with Crippen molar-refractivity contribution >= 4 is 5.69 Å². The Morgan fingerprint density at radius 1 is 1.30 bits per heavy atom. The van der Waals surface area contributed by atoms with E-state index >= 15 is 0 Å². The standard InChI is InChI=1S/C14H19FN4O/c1-3-19(4-2)8-7-13-17-14(20-18-13)10-5-6-11(15)12(16)9-10/h5-6,9H,3-4,7-8,16H2,1-2H3. The molecule has 0 atom stereocenters. The van der Waals surface area contributed by atoms with Gasteiger partial charge in [-0.3, -0.25) is 0 Å². The Labute approximate surface area is 117 Å². The van der Waals surface area contributed by atoms with Crippen LogP contribution in [0.25, 0.3) is 11.5 Å². The number of nitrogen functional groups attached to an aromatic ring is 1. The fraction of sp³-hybridized carbons (Fsp3) is 0.429. The van der Waals surface area contributed by atoms with E-state index in [0.717, 1.165) is 26.1 Å². The number of nitrogens with zero attached hydrogens (tertiary/aromatic N) is 3. The highest BCUT2D eigenvalue weighted by molar-refractivity contribution is 5.59. The first-order valence-electron chi connectivity index (χ1n) is 6.74. The third-order valence-electron chi connectivity index (χ3n) is 3.26. The van der Waals surface area contributed by atoms with Crippen molar-refractivity contribution in [1.82, 2.24) is 15.0 Å². The summed E-state index contributed by atoms with van der Waals surface area (Å²) in [5, 5.41) is 3.94. The van der Waals surface area contributed by atoms with Crippen LogP contribution < -0.4 is 5.73 Å². The molecule has 0 spiro atoms. The van der Waals surface area contributed by atoms with Gasteiger partial charge in [-0.1, -0.05) is 19.0 Å². The molecule has 2 rings (SSSR count). The second-order valence-corrected chi connectivity index (χ2v) is 4.53. The minimum atomic E-state index is -0.449. The topological polar surface area (TPSA) is 68.2 Å². The Kier molecular flexibility index (Phi) is 4.68. The van der Waals surface area contributed by atoms with Gasteiger partial charge in [-0.05, 0) is 31.3 Å². The van der Waals surface area contributed by atoms with Gasteiger partial charge < -0.3 is 15.2 Å². The number of rotatable bonds is 6. The highest BCUT2D eigenvalue weighted by atomic mass is 19.1. The molecule has 1 aromatic heterocycles. The molecule has 1 aromatic carbocycles. The normalized spacial score (nSPS) is 11.2. The van der Waals surface area contributed by atoms with Crippen LogP contribution in [0.4, 0.5) is 10.1 Å². The van der Waals surface area contributed by atoms with Gasteiger partial charge in [-0.2, -0.15) is 4.98 Å². The molecular formula is C14H19FN4O. The summed E-state index contributed by atoms with van der Waals surface area (Å²) in [7, 11) is 0. The van der Waals surface area contributed by atoms with Crippen LogP contribution in [0.1, 0.15) is 19.7 Å². The predicted molar refractivity (Wildman–Crippen MR) is 75.6 cm³/mol. The van der Waals surface area contributed by atoms with Crippen LogP contribution in [0.5, 0.6) is 0 Å². The maximum absolute atomic E-state index is 13.1. The first kappa shape index (κ1) is 14.5. The van der Waals surface area contributed by atoms with Crippen molar-refractivity contribution in [2.24, 2.45) is 0 Å². The van der Waals surface area contributed by atoms with Gasteiger partial charge in [0.05, 0.1) is 5.69 Å². The first-order valence-corrected chi connectivity index (χ1v) is 6.74. The van der Waals surface area contributed by atoms with E-state index in [1.165, 1.54) is 12.1 Å². The van der Waals surface area contributed by atoms with Crippen LogP contribution >= 0.6 is 0 Å². The first-order chi connectivity index (χ1) is 9.63. The van der Waals surface area contributed by atoms with Crippen LogP contribution in [-0.2, 0) is 6.42 Å². The number of likely N-dealkylation sites (N-methyl/N-ethyl adjacent to an activating group) is 1. The number of nitrogens with two attached hydrogens (primary N) is 1. The lowest BCUT2D eigenvalue weighted by atomic mass is 10.2. The lowest BCUT2D eigenvalue weighted by Gasteiger charge is -2.16. The largest absolute Gasteiger partial charge is 0.396 e. The molecule has 0 fully saturated rings.